The number of hydrogen-bond donors (Lipinski definition) is 0. The fourth-order valence-electron chi connectivity index (χ4n) is 4.25. The number of methoxy groups -OCH3 is 1. The first-order chi connectivity index (χ1) is 15.3. The van der Waals surface area contributed by atoms with Crippen molar-refractivity contribution in [3.63, 3.8) is 0 Å². The summed E-state index contributed by atoms with van der Waals surface area (Å²) in [6, 6.07) is 25.4. The Morgan fingerprint density at radius 3 is 2.03 bits per heavy atom. The van der Waals surface area contributed by atoms with Crippen LogP contribution in [-0.2, 0) is 9.31 Å². The van der Waals surface area contributed by atoms with Gasteiger partial charge in [-0.2, -0.15) is 0 Å². The van der Waals surface area contributed by atoms with E-state index < -0.39 is 18.3 Å². The summed E-state index contributed by atoms with van der Waals surface area (Å²) < 4.78 is 18.9. The van der Waals surface area contributed by atoms with Gasteiger partial charge < -0.3 is 14.0 Å². The molecule has 4 aromatic rings. The lowest BCUT2D eigenvalue weighted by Crippen LogP contribution is -2.41. The molecular formula is C27H27BO3S. The molecule has 0 N–H and O–H groups in total. The van der Waals surface area contributed by atoms with E-state index in [9.17, 15) is 0 Å². The normalized spacial score (nSPS) is 17.2. The summed E-state index contributed by atoms with van der Waals surface area (Å²) in [5.41, 5.74) is 0.190. The Labute approximate surface area is 194 Å². The van der Waals surface area contributed by atoms with Crippen LogP contribution in [0.4, 0.5) is 0 Å². The molecule has 1 fully saturated rings. The molecule has 1 aliphatic heterocycles. The SMILES string of the molecule is COc1c2c(Sc3ccccc3)cccc2cc2cccc(B3OC(C)(C)C(C)(C)O3)c12. The number of fused-ring (bicyclic) bond motifs is 2. The average molecular weight is 442 g/mol. The lowest BCUT2D eigenvalue weighted by Gasteiger charge is -2.32. The van der Waals surface area contributed by atoms with Crippen LogP contribution in [0.15, 0.2) is 82.6 Å². The first kappa shape index (κ1) is 21.4. The molecule has 1 aliphatic rings. The van der Waals surface area contributed by atoms with Crippen LogP contribution in [0.1, 0.15) is 27.7 Å². The standard InChI is InChI=1S/C27H27BO3S/c1-26(2)27(3,4)31-28(30-26)21-15-9-11-18-17-19-12-10-16-22(24(19)25(29-5)23(18)21)32-20-13-7-6-8-14-20/h6-17H,1-5H3. The van der Waals surface area contributed by atoms with Gasteiger partial charge in [-0.1, -0.05) is 60.3 Å². The van der Waals surface area contributed by atoms with E-state index in [1.807, 2.05) is 6.07 Å². The molecule has 0 aromatic heterocycles. The zero-order chi connectivity index (χ0) is 22.5. The molecule has 5 heteroatoms. The van der Waals surface area contributed by atoms with Gasteiger partial charge in [0.15, 0.2) is 0 Å². The molecule has 0 spiro atoms. The Kier molecular flexibility index (Phi) is 5.24. The summed E-state index contributed by atoms with van der Waals surface area (Å²) in [4.78, 5) is 2.36. The summed E-state index contributed by atoms with van der Waals surface area (Å²) in [6.45, 7) is 8.33. The summed E-state index contributed by atoms with van der Waals surface area (Å²) >= 11 is 1.75. The molecule has 0 atom stereocenters. The van der Waals surface area contributed by atoms with Crippen molar-refractivity contribution in [3.05, 3.63) is 72.8 Å². The Morgan fingerprint density at radius 1 is 0.750 bits per heavy atom. The van der Waals surface area contributed by atoms with Crippen molar-refractivity contribution in [1.29, 1.82) is 0 Å². The monoisotopic (exact) mass is 442 g/mol. The van der Waals surface area contributed by atoms with Crippen molar-refractivity contribution in [3.8, 4) is 5.75 Å². The predicted molar refractivity (Wildman–Crippen MR) is 134 cm³/mol. The smallest absolute Gasteiger partial charge is 0.495 e. The molecular weight excluding hydrogens is 415 g/mol. The van der Waals surface area contributed by atoms with E-state index in [-0.39, 0.29) is 0 Å². The van der Waals surface area contributed by atoms with Crippen LogP contribution in [0.5, 0.6) is 5.75 Å². The lowest BCUT2D eigenvalue weighted by molar-refractivity contribution is 0.00578. The third kappa shape index (κ3) is 3.49. The van der Waals surface area contributed by atoms with Crippen LogP contribution in [0.2, 0.25) is 0 Å². The fraction of sp³-hybridized carbons (Fsp3) is 0.259. The first-order valence-corrected chi connectivity index (χ1v) is 11.7. The highest BCUT2D eigenvalue weighted by atomic mass is 32.2. The molecule has 0 saturated carbocycles. The van der Waals surface area contributed by atoms with E-state index in [1.165, 1.54) is 4.90 Å². The number of ether oxygens (including phenoxy) is 1. The van der Waals surface area contributed by atoms with Crippen molar-refractivity contribution in [1.82, 2.24) is 0 Å². The van der Waals surface area contributed by atoms with E-state index in [2.05, 4.69) is 94.4 Å². The van der Waals surface area contributed by atoms with E-state index in [1.54, 1.807) is 18.9 Å². The van der Waals surface area contributed by atoms with Gasteiger partial charge in [0.25, 0.3) is 0 Å². The molecule has 162 valence electrons. The zero-order valence-electron chi connectivity index (χ0n) is 19.1. The molecule has 1 saturated heterocycles. The molecule has 1 heterocycles. The van der Waals surface area contributed by atoms with Gasteiger partial charge in [0.2, 0.25) is 0 Å². The molecule has 4 aromatic carbocycles. The Morgan fingerprint density at radius 2 is 1.38 bits per heavy atom. The van der Waals surface area contributed by atoms with Crippen molar-refractivity contribution in [2.75, 3.05) is 7.11 Å². The van der Waals surface area contributed by atoms with Gasteiger partial charge in [0, 0.05) is 20.6 Å². The summed E-state index contributed by atoms with van der Waals surface area (Å²) in [5, 5.41) is 4.42. The second-order valence-corrected chi connectivity index (χ2v) is 10.3. The molecule has 3 nitrogen and oxygen atoms in total. The van der Waals surface area contributed by atoms with Crippen LogP contribution >= 0.6 is 11.8 Å². The van der Waals surface area contributed by atoms with Crippen LogP contribution in [0.25, 0.3) is 21.5 Å². The largest absolute Gasteiger partial charge is 0.495 e. The number of benzene rings is 4. The van der Waals surface area contributed by atoms with Crippen molar-refractivity contribution >= 4 is 45.9 Å². The second kappa shape index (κ2) is 7.84. The third-order valence-electron chi connectivity index (χ3n) is 6.63. The minimum atomic E-state index is -0.455. The second-order valence-electron chi connectivity index (χ2n) is 9.21. The topological polar surface area (TPSA) is 27.7 Å². The zero-order valence-corrected chi connectivity index (χ0v) is 20.0. The average Bonchev–Trinajstić information content (AvgIpc) is 2.99. The van der Waals surface area contributed by atoms with Crippen LogP contribution in [0, 0.1) is 0 Å². The number of hydrogen-bond acceptors (Lipinski definition) is 4. The Hall–Kier alpha value is -2.47. The van der Waals surface area contributed by atoms with Crippen LogP contribution < -0.4 is 10.2 Å². The maximum Gasteiger partial charge on any atom is 0.495 e. The Balaban J connectivity index is 1.74. The summed E-state index contributed by atoms with van der Waals surface area (Å²) in [6.07, 6.45) is 0. The molecule has 0 radical (unpaired) electrons. The third-order valence-corrected chi connectivity index (χ3v) is 7.70. The molecule has 0 amide bonds. The minimum absolute atomic E-state index is 0.405. The molecule has 0 unspecified atom stereocenters. The van der Waals surface area contributed by atoms with E-state index in [4.69, 9.17) is 14.0 Å². The van der Waals surface area contributed by atoms with E-state index >= 15 is 0 Å². The molecule has 5 rings (SSSR count). The maximum absolute atomic E-state index is 6.41. The van der Waals surface area contributed by atoms with Crippen molar-refractivity contribution in [2.45, 2.75) is 48.7 Å². The van der Waals surface area contributed by atoms with Crippen molar-refractivity contribution in [2.24, 2.45) is 0 Å². The van der Waals surface area contributed by atoms with Gasteiger partial charge in [-0.3, -0.25) is 0 Å². The number of rotatable bonds is 4. The first-order valence-electron chi connectivity index (χ1n) is 10.9. The van der Waals surface area contributed by atoms with Gasteiger partial charge in [-0.25, -0.2) is 0 Å². The minimum Gasteiger partial charge on any atom is -0.495 e. The van der Waals surface area contributed by atoms with Crippen molar-refractivity contribution < 1.29 is 14.0 Å². The quantitative estimate of drug-likeness (QED) is 0.268. The van der Waals surface area contributed by atoms with Gasteiger partial charge in [-0.15, -0.1) is 0 Å². The van der Waals surface area contributed by atoms with Crippen LogP contribution in [0.3, 0.4) is 0 Å². The van der Waals surface area contributed by atoms with Gasteiger partial charge in [-0.05, 0) is 68.2 Å². The van der Waals surface area contributed by atoms with E-state index in [0.717, 1.165) is 37.7 Å². The molecule has 0 bridgehead atoms. The van der Waals surface area contributed by atoms with Crippen LogP contribution in [-0.4, -0.2) is 25.4 Å². The van der Waals surface area contributed by atoms with Gasteiger partial charge >= 0.3 is 7.12 Å². The highest BCUT2D eigenvalue weighted by Crippen LogP contribution is 2.43. The summed E-state index contributed by atoms with van der Waals surface area (Å²) in [5.74, 6) is 0.863. The lowest BCUT2D eigenvalue weighted by atomic mass is 9.75. The molecule has 32 heavy (non-hydrogen) atoms. The predicted octanol–water partition coefficient (Wildman–Crippen LogP) is 6.45. The van der Waals surface area contributed by atoms with Gasteiger partial charge in [0.1, 0.15) is 5.75 Å². The highest BCUT2D eigenvalue weighted by molar-refractivity contribution is 7.99. The van der Waals surface area contributed by atoms with Gasteiger partial charge in [0.05, 0.1) is 18.3 Å². The fourth-order valence-corrected chi connectivity index (χ4v) is 5.25. The maximum atomic E-state index is 6.41. The molecule has 0 aliphatic carbocycles. The van der Waals surface area contributed by atoms with E-state index in [0.29, 0.717) is 0 Å². The highest BCUT2D eigenvalue weighted by Gasteiger charge is 2.52. The Bertz CT molecular complexity index is 1280. The summed E-state index contributed by atoms with van der Waals surface area (Å²) in [7, 11) is 1.29.